The van der Waals surface area contributed by atoms with Crippen molar-refractivity contribution in [2.45, 2.75) is 38.7 Å². The largest absolute Gasteiger partial charge is 0.461 e. The van der Waals surface area contributed by atoms with Crippen molar-refractivity contribution in [3.05, 3.63) is 41.5 Å². The van der Waals surface area contributed by atoms with Gasteiger partial charge in [-0.05, 0) is 31.2 Å². The first-order valence-electron chi connectivity index (χ1n) is 6.74. The van der Waals surface area contributed by atoms with Gasteiger partial charge in [-0.25, -0.2) is 4.79 Å². The van der Waals surface area contributed by atoms with Crippen molar-refractivity contribution in [3.63, 3.8) is 0 Å². The summed E-state index contributed by atoms with van der Waals surface area (Å²) in [5.41, 5.74) is 1.67. The van der Waals surface area contributed by atoms with Crippen LogP contribution in [0.5, 0.6) is 0 Å². The van der Waals surface area contributed by atoms with Gasteiger partial charge in [0.2, 0.25) is 0 Å². The van der Waals surface area contributed by atoms with Crippen LogP contribution in [0.3, 0.4) is 0 Å². The van der Waals surface area contributed by atoms with Crippen molar-refractivity contribution in [2.75, 3.05) is 5.88 Å². The van der Waals surface area contributed by atoms with Gasteiger partial charge >= 0.3 is 5.97 Å². The molecule has 1 rings (SSSR count). The maximum absolute atomic E-state index is 11.5. The van der Waals surface area contributed by atoms with E-state index in [2.05, 4.69) is 0 Å². The van der Waals surface area contributed by atoms with Crippen LogP contribution < -0.4 is 0 Å². The Bertz CT molecular complexity index is 450. The Morgan fingerprint density at radius 1 is 1.10 bits per heavy atom. The van der Waals surface area contributed by atoms with E-state index < -0.39 is 0 Å². The normalized spacial score (nSPS) is 9.85. The van der Waals surface area contributed by atoms with Gasteiger partial charge in [-0.1, -0.05) is 30.3 Å². The summed E-state index contributed by atoms with van der Waals surface area (Å²) in [6.07, 6.45) is 3.09. The number of ether oxygens (including phenoxy) is 1. The number of unbranched alkanes of at least 4 members (excludes halogenated alkanes) is 1. The Morgan fingerprint density at radius 2 is 1.80 bits per heavy atom. The first-order chi connectivity index (χ1) is 9.76. The quantitative estimate of drug-likeness (QED) is 0.302. The van der Waals surface area contributed by atoms with E-state index in [1.54, 1.807) is 0 Å². The minimum absolute atomic E-state index is 0.206. The average molecular weight is 295 g/mol. The summed E-state index contributed by atoms with van der Waals surface area (Å²) in [7, 11) is 0. The smallest absolute Gasteiger partial charge is 0.306 e. The molecule has 3 nitrogen and oxygen atoms in total. The third-order valence-electron chi connectivity index (χ3n) is 2.89. The van der Waals surface area contributed by atoms with E-state index in [0.717, 1.165) is 12.0 Å². The first kappa shape index (κ1) is 16.5. The highest BCUT2D eigenvalue weighted by Gasteiger charge is 2.04. The van der Waals surface area contributed by atoms with Gasteiger partial charge in [-0.3, -0.25) is 4.79 Å². The fraction of sp³-hybridized carbons (Fsp3) is 0.438. The summed E-state index contributed by atoms with van der Waals surface area (Å²) in [6.45, 7) is 0.311. The number of esters is 1. The minimum atomic E-state index is -0.206. The molecular formula is C16H19ClO3. The van der Waals surface area contributed by atoms with Crippen LogP contribution >= 0.6 is 11.6 Å². The van der Waals surface area contributed by atoms with Crippen molar-refractivity contribution in [1.82, 2.24) is 0 Å². The number of carbonyl (C=O) groups is 1. The van der Waals surface area contributed by atoms with Gasteiger partial charge < -0.3 is 4.74 Å². The van der Waals surface area contributed by atoms with Gasteiger partial charge in [0.05, 0.1) is 0 Å². The van der Waals surface area contributed by atoms with E-state index in [1.807, 2.05) is 36.3 Å². The number of carbonyl (C=O) groups excluding carboxylic acids is 2. The summed E-state index contributed by atoms with van der Waals surface area (Å²) >= 11 is 5.56. The number of alkyl halides is 1. The second-order valence-corrected chi connectivity index (χ2v) is 4.88. The Morgan fingerprint density at radius 3 is 2.45 bits per heavy atom. The molecule has 0 aliphatic rings. The predicted octanol–water partition coefficient (Wildman–Crippen LogP) is 3.68. The molecule has 20 heavy (non-hydrogen) atoms. The molecule has 0 spiro atoms. The average Bonchev–Trinajstić information content (AvgIpc) is 2.49. The molecule has 0 heterocycles. The molecule has 0 aliphatic carbocycles. The van der Waals surface area contributed by atoms with Crippen LogP contribution in [0, 0.1) is 0 Å². The van der Waals surface area contributed by atoms with Crippen molar-refractivity contribution < 1.29 is 14.3 Å². The summed E-state index contributed by atoms with van der Waals surface area (Å²) < 4.78 is 5.16. The number of rotatable bonds is 9. The number of hydrogen-bond donors (Lipinski definition) is 0. The lowest BCUT2D eigenvalue weighted by atomic mass is 10.1. The van der Waals surface area contributed by atoms with Gasteiger partial charge in [0.15, 0.2) is 0 Å². The molecule has 0 N–H and O–H groups in total. The molecule has 0 bridgehead atoms. The molecule has 0 aliphatic heterocycles. The Hall–Kier alpha value is -1.57. The second-order valence-electron chi connectivity index (χ2n) is 4.50. The van der Waals surface area contributed by atoms with Gasteiger partial charge in [-0.15, -0.1) is 11.6 Å². The molecule has 108 valence electrons. The molecule has 0 saturated heterocycles. The fourth-order valence-electron chi connectivity index (χ4n) is 1.76. The molecule has 4 heteroatoms. The van der Waals surface area contributed by atoms with Crippen molar-refractivity contribution in [3.8, 4) is 0 Å². The molecule has 0 saturated carbocycles. The Labute approximate surface area is 124 Å². The van der Waals surface area contributed by atoms with Crippen molar-refractivity contribution in [2.24, 2.45) is 0 Å². The monoisotopic (exact) mass is 294 g/mol. The molecule has 0 atom stereocenters. The van der Waals surface area contributed by atoms with Crippen LogP contribution in [-0.2, 0) is 20.9 Å². The van der Waals surface area contributed by atoms with E-state index in [1.165, 1.54) is 0 Å². The number of allylic oxidation sites excluding steroid dienone is 1. The zero-order valence-electron chi connectivity index (χ0n) is 11.4. The van der Waals surface area contributed by atoms with Crippen LogP contribution in [-0.4, -0.2) is 17.8 Å². The summed E-state index contributed by atoms with van der Waals surface area (Å²) in [4.78, 5) is 22.1. The van der Waals surface area contributed by atoms with E-state index in [9.17, 15) is 9.59 Å². The Kier molecular flexibility index (Phi) is 8.44. The van der Waals surface area contributed by atoms with E-state index >= 15 is 0 Å². The third kappa shape index (κ3) is 7.13. The maximum atomic E-state index is 11.5. The predicted molar refractivity (Wildman–Crippen MR) is 79.2 cm³/mol. The SMILES string of the molecule is O=C=C(CCCl)CCCCC(=O)OCc1ccccc1. The van der Waals surface area contributed by atoms with Crippen LogP contribution in [0.4, 0.5) is 0 Å². The lowest BCUT2D eigenvalue weighted by Crippen LogP contribution is -2.04. The summed E-state index contributed by atoms with van der Waals surface area (Å²) in [5, 5.41) is 0. The Balaban J connectivity index is 2.13. The molecule has 0 amide bonds. The summed E-state index contributed by atoms with van der Waals surface area (Å²) in [6, 6.07) is 9.58. The molecular weight excluding hydrogens is 276 g/mol. The van der Waals surface area contributed by atoms with Gasteiger partial charge in [0.25, 0.3) is 0 Å². The highest BCUT2D eigenvalue weighted by Crippen LogP contribution is 2.11. The number of halogens is 1. The third-order valence-corrected chi connectivity index (χ3v) is 3.08. The maximum Gasteiger partial charge on any atom is 0.306 e. The molecule has 0 unspecified atom stereocenters. The van der Waals surface area contributed by atoms with Crippen LogP contribution in [0.2, 0.25) is 0 Å². The fourth-order valence-corrected chi connectivity index (χ4v) is 1.99. The zero-order valence-corrected chi connectivity index (χ0v) is 12.2. The molecule has 0 aromatic heterocycles. The van der Waals surface area contributed by atoms with Gasteiger partial charge in [-0.2, -0.15) is 0 Å². The zero-order chi connectivity index (χ0) is 14.6. The van der Waals surface area contributed by atoms with E-state index in [-0.39, 0.29) is 5.97 Å². The van der Waals surface area contributed by atoms with Crippen LogP contribution in [0.25, 0.3) is 0 Å². The van der Waals surface area contributed by atoms with Crippen LogP contribution in [0.1, 0.15) is 37.7 Å². The minimum Gasteiger partial charge on any atom is -0.461 e. The first-order valence-corrected chi connectivity index (χ1v) is 7.28. The molecule has 1 aromatic rings. The highest BCUT2D eigenvalue weighted by atomic mass is 35.5. The lowest BCUT2D eigenvalue weighted by molar-refractivity contribution is -0.145. The standard InChI is InChI=1S/C16H19ClO3/c17-11-10-14(12-18)6-4-5-9-16(19)20-13-15-7-2-1-3-8-15/h1-3,7-8H,4-6,9-11,13H2. The van der Waals surface area contributed by atoms with Crippen molar-refractivity contribution >= 4 is 23.5 Å². The topological polar surface area (TPSA) is 43.4 Å². The second kappa shape index (κ2) is 10.2. The van der Waals surface area contributed by atoms with Crippen LogP contribution in [0.15, 0.2) is 35.9 Å². The van der Waals surface area contributed by atoms with E-state index in [4.69, 9.17) is 16.3 Å². The number of benzene rings is 1. The van der Waals surface area contributed by atoms with Gasteiger partial charge in [0.1, 0.15) is 12.5 Å². The van der Waals surface area contributed by atoms with Gasteiger partial charge in [0, 0.05) is 17.9 Å². The van der Waals surface area contributed by atoms with Crippen molar-refractivity contribution in [1.29, 1.82) is 0 Å². The lowest BCUT2D eigenvalue weighted by Gasteiger charge is -2.05. The highest BCUT2D eigenvalue weighted by molar-refractivity contribution is 6.18. The molecule has 0 fully saturated rings. The number of hydrogen-bond acceptors (Lipinski definition) is 3. The van der Waals surface area contributed by atoms with E-state index in [0.29, 0.717) is 43.7 Å². The molecule has 1 aromatic carbocycles. The molecule has 0 radical (unpaired) electrons. The summed E-state index contributed by atoms with van der Waals surface area (Å²) in [5.74, 6) is 2.13.